The number of benzene rings is 2. The zero-order valence-electron chi connectivity index (χ0n) is 19.6. The van der Waals surface area contributed by atoms with Gasteiger partial charge in [-0.3, -0.25) is 14.6 Å². The maximum absolute atomic E-state index is 12.5. The van der Waals surface area contributed by atoms with E-state index in [-0.39, 0.29) is 17.0 Å². The second kappa shape index (κ2) is 10.8. The van der Waals surface area contributed by atoms with Gasteiger partial charge in [0.1, 0.15) is 0 Å². The highest BCUT2D eigenvalue weighted by Gasteiger charge is 2.20. The number of rotatable bonds is 8. The first-order chi connectivity index (χ1) is 17.2. The number of hydrogen-bond donors (Lipinski definition) is 2. The third kappa shape index (κ3) is 5.84. The Morgan fingerprint density at radius 3 is 2.47 bits per heavy atom. The van der Waals surface area contributed by atoms with Crippen LogP contribution in [0.4, 0.5) is 5.13 Å². The number of anilines is 1. The summed E-state index contributed by atoms with van der Waals surface area (Å²) in [5.41, 5.74) is 3.78. The van der Waals surface area contributed by atoms with E-state index in [1.807, 2.05) is 41.8 Å². The summed E-state index contributed by atoms with van der Waals surface area (Å²) in [5.74, 6) is -0.989. The molecule has 0 bridgehead atoms. The number of pyridine rings is 1. The average Bonchev–Trinajstić information content (AvgIpc) is 3.36. The standard InChI is InChI=1S/C26H24N4O4S2/c1-17(2)36(33,34)22-10-4-8-20(13-22)25(32)28-15-24(31)30-26-29-23(16-35-26)19-7-3-6-18(12-19)21-9-5-11-27-14-21/h3-14,16-17H,15H2,1-2H3,(H,28,32)(H,29,30,31). The quantitative estimate of drug-likeness (QED) is 0.355. The number of hydrogen-bond acceptors (Lipinski definition) is 7. The van der Waals surface area contributed by atoms with Crippen LogP contribution in [0.15, 0.2) is 83.3 Å². The molecule has 2 aromatic heterocycles. The number of thiazole rings is 1. The van der Waals surface area contributed by atoms with E-state index in [2.05, 4.69) is 20.6 Å². The van der Waals surface area contributed by atoms with E-state index in [1.54, 1.807) is 26.2 Å². The number of nitrogens with zero attached hydrogens (tertiary/aromatic N) is 2. The van der Waals surface area contributed by atoms with Crippen LogP contribution in [0.1, 0.15) is 24.2 Å². The van der Waals surface area contributed by atoms with Crippen molar-refractivity contribution < 1.29 is 18.0 Å². The van der Waals surface area contributed by atoms with Crippen molar-refractivity contribution in [3.8, 4) is 22.4 Å². The second-order valence-corrected chi connectivity index (χ2v) is 11.6. The molecule has 2 amide bonds. The first kappa shape index (κ1) is 25.2. The molecule has 0 saturated carbocycles. The van der Waals surface area contributed by atoms with Crippen molar-refractivity contribution >= 4 is 38.1 Å². The van der Waals surface area contributed by atoms with Gasteiger partial charge >= 0.3 is 0 Å². The zero-order chi connectivity index (χ0) is 25.7. The van der Waals surface area contributed by atoms with Crippen molar-refractivity contribution in [2.45, 2.75) is 24.0 Å². The van der Waals surface area contributed by atoms with Gasteiger partial charge in [-0.05, 0) is 49.7 Å². The maximum Gasteiger partial charge on any atom is 0.251 e. The van der Waals surface area contributed by atoms with E-state index in [1.165, 1.54) is 35.6 Å². The lowest BCUT2D eigenvalue weighted by molar-refractivity contribution is -0.115. The molecule has 8 nitrogen and oxygen atoms in total. The molecule has 4 aromatic rings. The normalized spacial score (nSPS) is 11.3. The molecule has 0 spiro atoms. The predicted octanol–water partition coefficient (Wildman–Crippen LogP) is 4.42. The van der Waals surface area contributed by atoms with Crippen LogP contribution in [0.25, 0.3) is 22.4 Å². The smallest absolute Gasteiger partial charge is 0.251 e. The highest BCUT2D eigenvalue weighted by Crippen LogP contribution is 2.28. The Morgan fingerprint density at radius 2 is 1.72 bits per heavy atom. The summed E-state index contributed by atoms with van der Waals surface area (Å²) in [6.07, 6.45) is 3.51. The van der Waals surface area contributed by atoms with Crippen LogP contribution in [-0.4, -0.2) is 42.0 Å². The van der Waals surface area contributed by atoms with E-state index >= 15 is 0 Å². The number of carbonyl (C=O) groups excluding carboxylic acids is 2. The fraction of sp³-hybridized carbons (Fsp3) is 0.154. The van der Waals surface area contributed by atoms with Gasteiger partial charge in [0.05, 0.1) is 22.4 Å². The van der Waals surface area contributed by atoms with Crippen LogP contribution in [0, 0.1) is 0 Å². The van der Waals surface area contributed by atoms with E-state index in [4.69, 9.17) is 0 Å². The van der Waals surface area contributed by atoms with Crippen molar-refractivity contribution in [2.75, 3.05) is 11.9 Å². The average molecular weight is 521 g/mol. The van der Waals surface area contributed by atoms with Gasteiger partial charge in [0.25, 0.3) is 5.91 Å². The third-order valence-electron chi connectivity index (χ3n) is 5.36. The molecule has 2 aromatic carbocycles. The summed E-state index contributed by atoms with van der Waals surface area (Å²) in [4.78, 5) is 33.6. The fourth-order valence-electron chi connectivity index (χ4n) is 3.37. The SMILES string of the molecule is CC(C)S(=O)(=O)c1cccc(C(=O)NCC(=O)Nc2nc(-c3cccc(-c4cccnc4)c3)cs2)c1. The topological polar surface area (TPSA) is 118 Å². The van der Waals surface area contributed by atoms with Crippen LogP contribution in [-0.2, 0) is 14.6 Å². The summed E-state index contributed by atoms with van der Waals surface area (Å²) >= 11 is 1.28. The van der Waals surface area contributed by atoms with Crippen LogP contribution >= 0.6 is 11.3 Å². The monoisotopic (exact) mass is 520 g/mol. The second-order valence-electron chi connectivity index (χ2n) is 8.21. The van der Waals surface area contributed by atoms with E-state index in [0.29, 0.717) is 10.8 Å². The highest BCUT2D eigenvalue weighted by atomic mass is 32.2. The van der Waals surface area contributed by atoms with Gasteiger partial charge in [0.15, 0.2) is 15.0 Å². The summed E-state index contributed by atoms with van der Waals surface area (Å²) < 4.78 is 24.7. The van der Waals surface area contributed by atoms with Gasteiger partial charge in [-0.2, -0.15) is 0 Å². The molecule has 0 unspecified atom stereocenters. The summed E-state index contributed by atoms with van der Waals surface area (Å²) in [6.45, 7) is 2.87. The molecule has 0 aliphatic rings. The van der Waals surface area contributed by atoms with E-state index in [9.17, 15) is 18.0 Å². The molecule has 0 saturated heterocycles. The molecule has 0 atom stereocenters. The van der Waals surface area contributed by atoms with Crippen molar-refractivity contribution in [1.29, 1.82) is 0 Å². The Hall–Kier alpha value is -3.89. The lowest BCUT2D eigenvalue weighted by Gasteiger charge is -2.10. The molecule has 4 rings (SSSR count). The molecule has 2 heterocycles. The molecule has 184 valence electrons. The Balaban J connectivity index is 1.37. The van der Waals surface area contributed by atoms with Gasteiger partial charge in [-0.15, -0.1) is 11.3 Å². The van der Waals surface area contributed by atoms with Crippen LogP contribution < -0.4 is 10.6 Å². The van der Waals surface area contributed by atoms with Crippen LogP contribution in [0.3, 0.4) is 0 Å². The molecule has 0 aliphatic carbocycles. The highest BCUT2D eigenvalue weighted by molar-refractivity contribution is 7.92. The maximum atomic E-state index is 12.5. The number of amides is 2. The number of aromatic nitrogens is 2. The zero-order valence-corrected chi connectivity index (χ0v) is 21.3. The minimum atomic E-state index is -3.51. The number of sulfone groups is 1. The minimum absolute atomic E-state index is 0.0671. The van der Waals surface area contributed by atoms with E-state index < -0.39 is 26.9 Å². The first-order valence-corrected chi connectivity index (χ1v) is 13.5. The first-order valence-electron chi connectivity index (χ1n) is 11.1. The van der Waals surface area contributed by atoms with Crippen molar-refractivity contribution in [1.82, 2.24) is 15.3 Å². The molecule has 0 fully saturated rings. The minimum Gasteiger partial charge on any atom is -0.343 e. The van der Waals surface area contributed by atoms with Gasteiger partial charge in [0.2, 0.25) is 5.91 Å². The van der Waals surface area contributed by atoms with Gasteiger partial charge in [-0.25, -0.2) is 13.4 Å². The van der Waals surface area contributed by atoms with Crippen molar-refractivity contribution in [3.05, 3.63) is 84.0 Å². The largest absolute Gasteiger partial charge is 0.343 e. The molecule has 0 radical (unpaired) electrons. The van der Waals surface area contributed by atoms with Crippen LogP contribution in [0.5, 0.6) is 0 Å². The van der Waals surface area contributed by atoms with Gasteiger partial charge in [0, 0.05) is 34.5 Å². The Bertz CT molecular complexity index is 1500. The Kier molecular flexibility index (Phi) is 7.56. The molecule has 10 heteroatoms. The molecular formula is C26H24N4O4S2. The van der Waals surface area contributed by atoms with Gasteiger partial charge < -0.3 is 10.6 Å². The van der Waals surface area contributed by atoms with Crippen LogP contribution in [0.2, 0.25) is 0 Å². The molecule has 36 heavy (non-hydrogen) atoms. The number of carbonyl (C=O) groups is 2. The Labute approximate surface area is 213 Å². The summed E-state index contributed by atoms with van der Waals surface area (Å²) in [6, 6.07) is 17.5. The van der Waals surface area contributed by atoms with Crippen molar-refractivity contribution in [2.24, 2.45) is 0 Å². The predicted molar refractivity (Wildman–Crippen MR) is 141 cm³/mol. The van der Waals surface area contributed by atoms with Crippen molar-refractivity contribution in [3.63, 3.8) is 0 Å². The van der Waals surface area contributed by atoms with Gasteiger partial charge in [-0.1, -0.05) is 30.3 Å². The number of nitrogens with one attached hydrogen (secondary N) is 2. The van der Waals surface area contributed by atoms with E-state index in [0.717, 1.165) is 16.7 Å². The lowest BCUT2D eigenvalue weighted by atomic mass is 10.0. The summed E-state index contributed by atoms with van der Waals surface area (Å²) in [5, 5.41) is 6.84. The fourth-order valence-corrected chi connectivity index (χ4v) is 5.21. The third-order valence-corrected chi connectivity index (χ3v) is 8.27. The lowest BCUT2D eigenvalue weighted by Crippen LogP contribution is -2.33. The Morgan fingerprint density at radius 1 is 0.972 bits per heavy atom. The molecular weight excluding hydrogens is 496 g/mol. The molecule has 0 aliphatic heterocycles. The molecule has 2 N–H and O–H groups in total. The summed E-state index contributed by atoms with van der Waals surface area (Å²) in [7, 11) is -3.51.